The number of halogens is 1. The lowest BCUT2D eigenvalue weighted by Gasteiger charge is -2.33. The number of rotatable bonds is 4. The van der Waals surface area contributed by atoms with Crippen molar-refractivity contribution in [3.8, 4) is 0 Å². The molecule has 0 bridgehead atoms. The fourth-order valence-electron chi connectivity index (χ4n) is 2.30. The van der Waals surface area contributed by atoms with Gasteiger partial charge in [0.05, 0.1) is 5.92 Å². The van der Waals surface area contributed by atoms with Gasteiger partial charge in [-0.05, 0) is 19.9 Å². The number of nitrogens with one attached hydrogen (secondary N) is 2. The number of hydrogen-bond acceptors (Lipinski definition) is 3. The monoisotopic (exact) mass is 277 g/mol. The SMILES string of the molecule is CNCC(C)C(=O)N1CCCC(C(=O)NC)C1.Cl. The van der Waals surface area contributed by atoms with Gasteiger partial charge < -0.3 is 15.5 Å². The molecule has 1 fully saturated rings. The average molecular weight is 278 g/mol. The molecule has 0 aliphatic carbocycles. The van der Waals surface area contributed by atoms with Crippen LogP contribution in [0.25, 0.3) is 0 Å². The van der Waals surface area contributed by atoms with Gasteiger partial charge in [0.1, 0.15) is 0 Å². The average Bonchev–Trinajstić information content (AvgIpc) is 2.37. The van der Waals surface area contributed by atoms with Crippen molar-refractivity contribution in [1.29, 1.82) is 0 Å². The maximum absolute atomic E-state index is 12.1. The van der Waals surface area contributed by atoms with Gasteiger partial charge in [0.25, 0.3) is 0 Å². The zero-order valence-corrected chi connectivity index (χ0v) is 12.2. The van der Waals surface area contributed by atoms with Crippen molar-refractivity contribution in [3.05, 3.63) is 0 Å². The molecule has 0 radical (unpaired) electrons. The molecule has 1 aliphatic rings. The van der Waals surface area contributed by atoms with E-state index in [1.165, 1.54) is 0 Å². The number of hydrogen-bond donors (Lipinski definition) is 2. The largest absolute Gasteiger partial charge is 0.359 e. The molecule has 2 N–H and O–H groups in total. The smallest absolute Gasteiger partial charge is 0.226 e. The lowest BCUT2D eigenvalue weighted by atomic mass is 9.96. The molecule has 1 rings (SSSR count). The zero-order chi connectivity index (χ0) is 12.8. The molecule has 0 aromatic heterocycles. The molecule has 1 heterocycles. The van der Waals surface area contributed by atoms with Crippen LogP contribution in [-0.4, -0.2) is 50.4 Å². The molecule has 2 unspecified atom stereocenters. The van der Waals surface area contributed by atoms with E-state index in [-0.39, 0.29) is 36.1 Å². The summed E-state index contributed by atoms with van der Waals surface area (Å²) in [7, 11) is 3.49. The third-order valence-corrected chi connectivity index (χ3v) is 3.28. The van der Waals surface area contributed by atoms with E-state index in [4.69, 9.17) is 0 Å². The number of nitrogens with zero attached hydrogens (tertiary/aromatic N) is 1. The Balaban J connectivity index is 0.00000289. The molecule has 106 valence electrons. The highest BCUT2D eigenvalue weighted by Crippen LogP contribution is 2.18. The first kappa shape index (κ1) is 17.2. The molecule has 5 nitrogen and oxygen atoms in total. The first-order valence-corrected chi connectivity index (χ1v) is 6.25. The standard InChI is InChI=1S/C12H23N3O2.ClH/c1-9(7-13-2)12(17)15-6-4-5-10(8-15)11(16)14-3;/h9-10,13H,4-8H2,1-3H3,(H,14,16);1H. The normalized spacial score (nSPS) is 20.8. The van der Waals surface area contributed by atoms with Gasteiger partial charge in [-0.1, -0.05) is 6.92 Å². The van der Waals surface area contributed by atoms with Crippen molar-refractivity contribution in [2.75, 3.05) is 33.7 Å². The Hall–Kier alpha value is -0.810. The van der Waals surface area contributed by atoms with Gasteiger partial charge in [-0.3, -0.25) is 9.59 Å². The number of carbonyl (C=O) groups excluding carboxylic acids is 2. The molecule has 0 saturated carbocycles. The van der Waals surface area contributed by atoms with Crippen LogP contribution in [0.15, 0.2) is 0 Å². The second-order valence-electron chi connectivity index (χ2n) is 4.70. The fraction of sp³-hybridized carbons (Fsp3) is 0.833. The molecule has 0 spiro atoms. The highest BCUT2D eigenvalue weighted by molar-refractivity contribution is 5.85. The van der Waals surface area contributed by atoms with E-state index in [2.05, 4.69) is 10.6 Å². The van der Waals surface area contributed by atoms with E-state index >= 15 is 0 Å². The summed E-state index contributed by atoms with van der Waals surface area (Å²) in [4.78, 5) is 25.5. The first-order valence-electron chi connectivity index (χ1n) is 6.25. The number of carbonyl (C=O) groups is 2. The van der Waals surface area contributed by atoms with Crippen molar-refractivity contribution < 1.29 is 9.59 Å². The number of piperidine rings is 1. The molecule has 1 saturated heterocycles. The number of likely N-dealkylation sites (tertiary alicyclic amines) is 1. The van der Waals surface area contributed by atoms with Gasteiger partial charge in [-0.2, -0.15) is 0 Å². The second-order valence-corrected chi connectivity index (χ2v) is 4.70. The number of amides is 2. The highest BCUT2D eigenvalue weighted by Gasteiger charge is 2.29. The van der Waals surface area contributed by atoms with Gasteiger partial charge in [-0.25, -0.2) is 0 Å². The fourth-order valence-corrected chi connectivity index (χ4v) is 2.30. The molecule has 18 heavy (non-hydrogen) atoms. The summed E-state index contributed by atoms with van der Waals surface area (Å²) in [5, 5.41) is 5.67. The van der Waals surface area contributed by atoms with Crippen LogP contribution in [-0.2, 0) is 9.59 Å². The Labute approximate surface area is 115 Å². The molecule has 6 heteroatoms. The Morgan fingerprint density at radius 1 is 1.39 bits per heavy atom. The summed E-state index contributed by atoms with van der Waals surface area (Å²) < 4.78 is 0. The molecule has 2 atom stereocenters. The van der Waals surface area contributed by atoms with Crippen molar-refractivity contribution in [2.45, 2.75) is 19.8 Å². The zero-order valence-electron chi connectivity index (χ0n) is 11.4. The van der Waals surface area contributed by atoms with E-state index in [0.29, 0.717) is 13.1 Å². The molecular weight excluding hydrogens is 254 g/mol. The molecular formula is C12H24ClN3O2. The maximum Gasteiger partial charge on any atom is 0.226 e. The summed E-state index contributed by atoms with van der Waals surface area (Å²) in [6.07, 6.45) is 1.79. The van der Waals surface area contributed by atoms with Gasteiger partial charge in [0.15, 0.2) is 0 Å². The Morgan fingerprint density at radius 2 is 2.06 bits per heavy atom. The van der Waals surface area contributed by atoms with Crippen molar-refractivity contribution >= 4 is 24.2 Å². The summed E-state index contributed by atoms with van der Waals surface area (Å²) in [6, 6.07) is 0. The Morgan fingerprint density at radius 3 is 2.61 bits per heavy atom. The lowest BCUT2D eigenvalue weighted by Crippen LogP contribution is -2.47. The van der Waals surface area contributed by atoms with Crippen LogP contribution in [0, 0.1) is 11.8 Å². The van der Waals surface area contributed by atoms with Gasteiger partial charge in [0.2, 0.25) is 11.8 Å². The quantitative estimate of drug-likeness (QED) is 0.774. The highest BCUT2D eigenvalue weighted by atomic mass is 35.5. The third-order valence-electron chi connectivity index (χ3n) is 3.28. The van der Waals surface area contributed by atoms with Crippen LogP contribution in [0.2, 0.25) is 0 Å². The minimum Gasteiger partial charge on any atom is -0.359 e. The lowest BCUT2D eigenvalue weighted by molar-refractivity contribution is -0.138. The summed E-state index contributed by atoms with van der Waals surface area (Å²) >= 11 is 0. The molecule has 2 amide bonds. The first-order chi connectivity index (χ1) is 8.10. The van der Waals surface area contributed by atoms with Crippen molar-refractivity contribution in [3.63, 3.8) is 0 Å². The Bertz CT molecular complexity index is 286. The predicted octanol–water partition coefficient (Wildman–Crippen LogP) is 0.248. The summed E-state index contributed by atoms with van der Waals surface area (Å²) in [5.74, 6) is 0.125. The molecule has 0 aromatic carbocycles. The molecule has 0 aromatic rings. The van der Waals surface area contributed by atoms with Crippen LogP contribution in [0.4, 0.5) is 0 Å². The van der Waals surface area contributed by atoms with E-state index in [0.717, 1.165) is 19.4 Å². The van der Waals surface area contributed by atoms with Crippen LogP contribution in [0.3, 0.4) is 0 Å². The summed E-state index contributed by atoms with van der Waals surface area (Å²) in [5.41, 5.74) is 0. The Kier molecular flexibility index (Phi) is 7.95. The van der Waals surface area contributed by atoms with Gasteiger partial charge in [0, 0.05) is 32.6 Å². The van der Waals surface area contributed by atoms with Crippen LogP contribution >= 0.6 is 12.4 Å². The minimum atomic E-state index is -0.0421. The van der Waals surface area contributed by atoms with Crippen LogP contribution < -0.4 is 10.6 Å². The van der Waals surface area contributed by atoms with Crippen molar-refractivity contribution in [2.24, 2.45) is 11.8 Å². The van der Waals surface area contributed by atoms with Gasteiger partial charge >= 0.3 is 0 Å². The summed E-state index contributed by atoms with van der Waals surface area (Å²) in [6.45, 7) is 3.94. The molecule has 1 aliphatic heterocycles. The second kappa shape index (κ2) is 8.32. The maximum atomic E-state index is 12.1. The van der Waals surface area contributed by atoms with E-state index < -0.39 is 0 Å². The predicted molar refractivity (Wildman–Crippen MR) is 73.7 cm³/mol. The topological polar surface area (TPSA) is 61.4 Å². The third kappa shape index (κ3) is 4.46. The van der Waals surface area contributed by atoms with Crippen molar-refractivity contribution in [1.82, 2.24) is 15.5 Å². The van der Waals surface area contributed by atoms with Crippen LogP contribution in [0.1, 0.15) is 19.8 Å². The van der Waals surface area contributed by atoms with E-state index in [1.807, 2.05) is 18.9 Å². The minimum absolute atomic E-state index is 0. The van der Waals surface area contributed by atoms with Gasteiger partial charge in [-0.15, -0.1) is 12.4 Å². The van der Waals surface area contributed by atoms with E-state index in [9.17, 15) is 9.59 Å². The van der Waals surface area contributed by atoms with E-state index in [1.54, 1.807) is 7.05 Å². The van der Waals surface area contributed by atoms with Crippen LogP contribution in [0.5, 0.6) is 0 Å².